The molecule has 3 fully saturated rings. The molecule has 4 rings (SSSR count). The molecule has 1 N–H and O–H groups in total. The summed E-state index contributed by atoms with van der Waals surface area (Å²) in [6.45, 7) is 6.90. The summed E-state index contributed by atoms with van der Waals surface area (Å²) in [6.07, 6.45) is 8.63. The van der Waals surface area contributed by atoms with E-state index in [1.807, 2.05) is 29.2 Å². The van der Waals surface area contributed by atoms with Gasteiger partial charge in [-0.05, 0) is 62.9 Å². The summed E-state index contributed by atoms with van der Waals surface area (Å²) in [6, 6.07) is 7.53. The third-order valence-corrected chi connectivity index (χ3v) is 7.85. The van der Waals surface area contributed by atoms with Gasteiger partial charge in [0.1, 0.15) is 0 Å². The monoisotopic (exact) mass is 504 g/mol. The summed E-state index contributed by atoms with van der Waals surface area (Å²) in [5.41, 5.74) is 0.718. The number of hydrogen-bond acceptors (Lipinski definition) is 4. The van der Waals surface area contributed by atoms with Gasteiger partial charge in [0.25, 0.3) is 5.91 Å². The van der Waals surface area contributed by atoms with E-state index in [0.717, 1.165) is 62.1 Å². The molecule has 7 heteroatoms. The SMILES string of the molecule is O=C(NCCN1CCCCC1)C(C1CCCC1)N1CCN(C(=O)c2cccc(Br)c2)CC1. The van der Waals surface area contributed by atoms with Gasteiger partial charge in [0, 0.05) is 49.3 Å². The molecule has 1 atom stereocenters. The lowest BCUT2D eigenvalue weighted by Gasteiger charge is -2.41. The van der Waals surface area contributed by atoms with E-state index in [2.05, 4.69) is 31.0 Å². The van der Waals surface area contributed by atoms with Crippen LogP contribution in [0.1, 0.15) is 55.3 Å². The van der Waals surface area contributed by atoms with Crippen LogP contribution in [-0.4, -0.2) is 84.9 Å². The van der Waals surface area contributed by atoms with Crippen molar-refractivity contribution in [2.24, 2.45) is 5.92 Å². The number of nitrogens with zero attached hydrogens (tertiary/aromatic N) is 3. The molecule has 2 heterocycles. The van der Waals surface area contributed by atoms with Gasteiger partial charge in [-0.1, -0.05) is 41.3 Å². The third-order valence-electron chi connectivity index (χ3n) is 7.36. The Morgan fingerprint density at radius 3 is 2.38 bits per heavy atom. The Labute approximate surface area is 200 Å². The number of likely N-dealkylation sites (tertiary alicyclic amines) is 1. The summed E-state index contributed by atoms with van der Waals surface area (Å²) < 4.78 is 0.921. The number of piperidine rings is 1. The van der Waals surface area contributed by atoms with E-state index in [1.54, 1.807) is 0 Å². The Hall–Kier alpha value is -1.44. The summed E-state index contributed by atoms with van der Waals surface area (Å²) in [5.74, 6) is 0.715. The molecule has 2 amide bonds. The lowest BCUT2D eigenvalue weighted by Crippen LogP contribution is -2.58. The van der Waals surface area contributed by atoms with Crippen LogP contribution in [0.25, 0.3) is 0 Å². The average molecular weight is 506 g/mol. The Balaban J connectivity index is 1.32. The molecule has 176 valence electrons. The molecule has 1 aromatic carbocycles. The first-order valence-corrected chi connectivity index (χ1v) is 13.2. The first-order chi connectivity index (χ1) is 15.6. The molecule has 0 spiro atoms. The molecule has 1 aliphatic carbocycles. The molecule has 0 radical (unpaired) electrons. The van der Waals surface area contributed by atoms with Crippen LogP contribution in [0.5, 0.6) is 0 Å². The second-order valence-electron chi connectivity index (χ2n) is 9.52. The summed E-state index contributed by atoms with van der Waals surface area (Å²) >= 11 is 3.46. The molecule has 3 aliphatic rings. The molecule has 32 heavy (non-hydrogen) atoms. The van der Waals surface area contributed by atoms with Gasteiger partial charge in [-0.2, -0.15) is 0 Å². The van der Waals surface area contributed by atoms with Gasteiger partial charge in [-0.3, -0.25) is 14.5 Å². The van der Waals surface area contributed by atoms with Gasteiger partial charge in [-0.25, -0.2) is 0 Å². The van der Waals surface area contributed by atoms with Gasteiger partial charge in [-0.15, -0.1) is 0 Å². The number of rotatable bonds is 7. The number of amides is 2. The van der Waals surface area contributed by atoms with Crippen molar-refractivity contribution in [1.82, 2.24) is 20.0 Å². The Morgan fingerprint density at radius 1 is 0.969 bits per heavy atom. The second-order valence-corrected chi connectivity index (χ2v) is 10.4. The predicted molar refractivity (Wildman–Crippen MR) is 131 cm³/mol. The Morgan fingerprint density at radius 2 is 1.69 bits per heavy atom. The van der Waals surface area contributed by atoms with Crippen LogP contribution >= 0.6 is 15.9 Å². The van der Waals surface area contributed by atoms with E-state index in [0.29, 0.717) is 19.0 Å². The van der Waals surface area contributed by atoms with E-state index >= 15 is 0 Å². The molecule has 2 aliphatic heterocycles. The lowest BCUT2D eigenvalue weighted by atomic mass is 9.95. The maximum atomic E-state index is 13.3. The largest absolute Gasteiger partial charge is 0.353 e. The van der Waals surface area contributed by atoms with Crippen molar-refractivity contribution in [1.29, 1.82) is 0 Å². The first kappa shape index (κ1) is 23.7. The number of halogens is 1. The Bertz CT molecular complexity index is 769. The van der Waals surface area contributed by atoms with Crippen LogP contribution in [-0.2, 0) is 4.79 Å². The average Bonchev–Trinajstić information content (AvgIpc) is 3.34. The number of carbonyl (C=O) groups is 2. The fraction of sp³-hybridized carbons (Fsp3) is 0.680. The topological polar surface area (TPSA) is 55.9 Å². The molecule has 1 saturated carbocycles. The highest BCUT2D eigenvalue weighted by molar-refractivity contribution is 9.10. The molecular formula is C25H37BrN4O2. The molecule has 0 bridgehead atoms. The van der Waals surface area contributed by atoms with Gasteiger partial charge >= 0.3 is 0 Å². The zero-order chi connectivity index (χ0) is 22.3. The normalized spacial score (nSPS) is 22.1. The highest BCUT2D eigenvalue weighted by atomic mass is 79.9. The minimum Gasteiger partial charge on any atom is -0.353 e. The van der Waals surface area contributed by atoms with Crippen LogP contribution in [0.4, 0.5) is 0 Å². The lowest BCUT2D eigenvalue weighted by molar-refractivity contribution is -0.129. The zero-order valence-electron chi connectivity index (χ0n) is 19.1. The van der Waals surface area contributed by atoms with Crippen molar-refractivity contribution in [3.8, 4) is 0 Å². The van der Waals surface area contributed by atoms with Crippen LogP contribution in [0, 0.1) is 5.92 Å². The van der Waals surface area contributed by atoms with Crippen LogP contribution in [0.2, 0.25) is 0 Å². The molecule has 6 nitrogen and oxygen atoms in total. The standard InChI is InChI=1S/C25H37BrN4O2/c26-22-10-6-9-21(19-22)25(32)30-17-15-29(16-18-30)23(20-7-2-3-8-20)24(31)27-11-14-28-12-4-1-5-13-28/h6,9-10,19-20,23H,1-5,7-8,11-18H2,(H,27,31). The van der Waals surface area contributed by atoms with Crippen LogP contribution in [0.3, 0.4) is 0 Å². The summed E-state index contributed by atoms with van der Waals surface area (Å²) in [4.78, 5) is 32.9. The van der Waals surface area contributed by atoms with E-state index in [4.69, 9.17) is 0 Å². The molecule has 1 aromatic rings. The van der Waals surface area contributed by atoms with Crippen molar-refractivity contribution >= 4 is 27.7 Å². The van der Waals surface area contributed by atoms with E-state index in [9.17, 15) is 9.59 Å². The van der Waals surface area contributed by atoms with E-state index < -0.39 is 0 Å². The second kappa shape index (κ2) is 11.6. The van der Waals surface area contributed by atoms with Crippen molar-refractivity contribution in [2.75, 3.05) is 52.4 Å². The quantitative estimate of drug-likeness (QED) is 0.618. The number of benzene rings is 1. The minimum atomic E-state index is -0.0537. The number of nitrogens with one attached hydrogen (secondary N) is 1. The smallest absolute Gasteiger partial charge is 0.253 e. The van der Waals surface area contributed by atoms with Crippen molar-refractivity contribution in [3.05, 3.63) is 34.3 Å². The predicted octanol–water partition coefficient (Wildman–Crippen LogP) is 3.37. The van der Waals surface area contributed by atoms with Crippen molar-refractivity contribution in [3.63, 3.8) is 0 Å². The van der Waals surface area contributed by atoms with E-state index in [-0.39, 0.29) is 17.9 Å². The number of piperazine rings is 1. The highest BCUT2D eigenvalue weighted by Gasteiger charge is 2.37. The van der Waals surface area contributed by atoms with E-state index in [1.165, 1.54) is 32.1 Å². The first-order valence-electron chi connectivity index (χ1n) is 12.4. The maximum Gasteiger partial charge on any atom is 0.253 e. The molecule has 2 saturated heterocycles. The highest BCUT2D eigenvalue weighted by Crippen LogP contribution is 2.31. The molecule has 0 aromatic heterocycles. The molecular weight excluding hydrogens is 468 g/mol. The number of carbonyl (C=O) groups excluding carboxylic acids is 2. The van der Waals surface area contributed by atoms with Crippen LogP contribution < -0.4 is 5.32 Å². The summed E-state index contributed by atoms with van der Waals surface area (Å²) in [7, 11) is 0. The maximum absolute atomic E-state index is 13.3. The summed E-state index contributed by atoms with van der Waals surface area (Å²) in [5, 5.41) is 3.26. The molecule has 1 unspecified atom stereocenters. The minimum absolute atomic E-state index is 0.0537. The van der Waals surface area contributed by atoms with Crippen molar-refractivity contribution < 1.29 is 9.59 Å². The fourth-order valence-corrected chi connectivity index (χ4v) is 5.98. The van der Waals surface area contributed by atoms with Gasteiger partial charge in [0.2, 0.25) is 5.91 Å². The van der Waals surface area contributed by atoms with Gasteiger partial charge in [0.15, 0.2) is 0 Å². The third kappa shape index (κ3) is 6.12. The Kier molecular flexibility index (Phi) is 8.61. The van der Waals surface area contributed by atoms with Crippen molar-refractivity contribution in [2.45, 2.75) is 51.0 Å². The van der Waals surface area contributed by atoms with Gasteiger partial charge < -0.3 is 15.1 Å². The fourth-order valence-electron chi connectivity index (χ4n) is 5.58. The number of hydrogen-bond donors (Lipinski definition) is 1. The van der Waals surface area contributed by atoms with Crippen LogP contribution in [0.15, 0.2) is 28.7 Å². The zero-order valence-corrected chi connectivity index (χ0v) is 20.7. The van der Waals surface area contributed by atoms with Gasteiger partial charge in [0.05, 0.1) is 6.04 Å².